The van der Waals surface area contributed by atoms with E-state index >= 15 is 0 Å². The molecule has 5 nitrogen and oxygen atoms in total. The van der Waals surface area contributed by atoms with Gasteiger partial charge < -0.3 is 15.4 Å². The van der Waals surface area contributed by atoms with Gasteiger partial charge in [0.05, 0.1) is 18.5 Å². The molecule has 0 aromatic carbocycles. The van der Waals surface area contributed by atoms with Crippen molar-refractivity contribution in [3.8, 4) is 0 Å². The summed E-state index contributed by atoms with van der Waals surface area (Å²) >= 11 is 0. The average molecular weight is 277 g/mol. The number of nitrogens with zero attached hydrogens (tertiary/aromatic N) is 1. The highest BCUT2D eigenvalue weighted by Gasteiger charge is 2.21. The Morgan fingerprint density at radius 1 is 1.35 bits per heavy atom. The summed E-state index contributed by atoms with van der Waals surface area (Å²) in [5.41, 5.74) is 0.928. The van der Waals surface area contributed by atoms with Gasteiger partial charge in [0.1, 0.15) is 5.82 Å². The highest BCUT2D eigenvalue weighted by atomic mass is 16.5. The number of hydrogen-bond acceptors (Lipinski definition) is 4. The number of rotatable bonds is 6. The van der Waals surface area contributed by atoms with Crippen LogP contribution in [-0.4, -0.2) is 31.2 Å². The van der Waals surface area contributed by atoms with Crippen LogP contribution in [0.1, 0.15) is 32.1 Å². The number of pyridine rings is 1. The Morgan fingerprint density at radius 3 is 2.80 bits per heavy atom. The predicted molar refractivity (Wildman–Crippen MR) is 79.8 cm³/mol. The molecule has 0 spiro atoms. The van der Waals surface area contributed by atoms with Crippen LogP contribution in [-0.2, 0) is 9.53 Å². The molecule has 1 fully saturated rings. The topological polar surface area (TPSA) is 63.2 Å². The van der Waals surface area contributed by atoms with Crippen molar-refractivity contribution in [3.05, 3.63) is 18.3 Å². The van der Waals surface area contributed by atoms with Crippen LogP contribution in [0.25, 0.3) is 0 Å². The summed E-state index contributed by atoms with van der Waals surface area (Å²) in [4.78, 5) is 16.3. The molecule has 0 unspecified atom stereocenters. The van der Waals surface area contributed by atoms with Gasteiger partial charge in [-0.2, -0.15) is 0 Å². The quantitative estimate of drug-likeness (QED) is 0.785. The van der Waals surface area contributed by atoms with E-state index in [1.807, 2.05) is 12.1 Å². The third kappa shape index (κ3) is 4.49. The molecule has 1 aliphatic rings. The number of amides is 1. The third-order valence-corrected chi connectivity index (χ3v) is 3.63. The van der Waals surface area contributed by atoms with Crippen LogP contribution < -0.4 is 10.6 Å². The van der Waals surface area contributed by atoms with Crippen LogP contribution in [0, 0.1) is 5.92 Å². The van der Waals surface area contributed by atoms with Gasteiger partial charge in [-0.25, -0.2) is 4.98 Å². The monoisotopic (exact) mass is 277 g/mol. The number of methoxy groups -OCH3 is 1. The van der Waals surface area contributed by atoms with E-state index in [4.69, 9.17) is 4.74 Å². The van der Waals surface area contributed by atoms with Gasteiger partial charge in [0.2, 0.25) is 5.91 Å². The van der Waals surface area contributed by atoms with E-state index in [-0.39, 0.29) is 11.8 Å². The van der Waals surface area contributed by atoms with Crippen molar-refractivity contribution in [2.45, 2.75) is 32.1 Å². The number of carbonyl (C=O) groups excluding carboxylic acids is 1. The zero-order chi connectivity index (χ0) is 14.2. The predicted octanol–water partition coefficient (Wildman–Crippen LogP) is 2.66. The number of carbonyl (C=O) groups is 1. The van der Waals surface area contributed by atoms with Crippen molar-refractivity contribution in [2.75, 3.05) is 30.9 Å². The highest BCUT2D eigenvalue weighted by molar-refractivity contribution is 5.91. The Kier molecular flexibility index (Phi) is 5.80. The zero-order valence-corrected chi connectivity index (χ0v) is 12.0. The Bertz CT molecular complexity index is 414. The maximum Gasteiger partial charge on any atom is 0.228 e. The Labute approximate surface area is 120 Å². The van der Waals surface area contributed by atoms with Crippen molar-refractivity contribution >= 4 is 17.4 Å². The molecule has 2 rings (SSSR count). The Hall–Kier alpha value is -1.62. The molecule has 1 heterocycles. The minimum Gasteiger partial charge on any atom is -0.383 e. The number of aromatic nitrogens is 1. The van der Waals surface area contributed by atoms with E-state index in [1.165, 1.54) is 6.42 Å². The molecule has 1 aliphatic carbocycles. The van der Waals surface area contributed by atoms with E-state index in [0.29, 0.717) is 12.4 Å². The smallest absolute Gasteiger partial charge is 0.228 e. The van der Waals surface area contributed by atoms with Gasteiger partial charge in [-0.1, -0.05) is 19.3 Å². The lowest BCUT2D eigenvalue weighted by atomic mass is 9.89. The van der Waals surface area contributed by atoms with E-state index in [2.05, 4.69) is 15.6 Å². The van der Waals surface area contributed by atoms with Crippen LogP contribution in [0.2, 0.25) is 0 Å². The standard InChI is InChI=1S/C15H23N3O2/c1-20-10-9-16-13-7-8-14(17-11-13)18-15(19)12-5-3-2-4-6-12/h7-8,11-12,16H,2-6,9-10H2,1H3,(H,17,18,19). The summed E-state index contributed by atoms with van der Waals surface area (Å²) in [5, 5.41) is 6.09. The second-order valence-corrected chi connectivity index (χ2v) is 5.18. The maximum atomic E-state index is 12.1. The molecule has 0 radical (unpaired) electrons. The number of hydrogen-bond donors (Lipinski definition) is 2. The molecule has 0 bridgehead atoms. The normalized spacial score (nSPS) is 15.8. The zero-order valence-electron chi connectivity index (χ0n) is 12.0. The number of ether oxygens (including phenoxy) is 1. The lowest BCUT2D eigenvalue weighted by Crippen LogP contribution is -2.25. The molecule has 110 valence electrons. The van der Waals surface area contributed by atoms with Gasteiger partial charge in [-0.15, -0.1) is 0 Å². The van der Waals surface area contributed by atoms with Crippen LogP contribution in [0.15, 0.2) is 18.3 Å². The largest absolute Gasteiger partial charge is 0.383 e. The van der Waals surface area contributed by atoms with Crippen molar-refractivity contribution in [3.63, 3.8) is 0 Å². The molecular weight excluding hydrogens is 254 g/mol. The summed E-state index contributed by atoms with van der Waals surface area (Å²) < 4.78 is 4.97. The molecular formula is C15H23N3O2. The highest BCUT2D eigenvalue weighted by Crippen LogP contribution is 2.24. The number of anilines is 2. The first-order valence-electron chi connectivity index (χ1n) is 7.29. The van der Waals surface area contributed by atoms with Crippen molar-refractivity contribution < 1.29 is 9.53 Å². The van der Waals surface area contributed by atoms with Crippen molar-refractivity contribution in [2.24, 2.45) is 5.92 Å². The molecule has 0 aliphatic heterocycles. The fourth-order valence-electron chi connectivity index (χ4n) is 2.46. The molecule has 20 heavy (non-hydrogen) atoms. The van der Waals surface area contributed by atoms with E-state index < -0.39 is 0 Å². The second kappa shape index (κ2) is 7.85. The molecule has 1 aromatic heterocycles. The first-order chi connectivity index (χ1) is 9.79. The van der Waals surface area contributed by atoms with E-state index in [0.717, 1.165) is 37.9 Å². The minimum atomic E-state index is 0.109. The van der Waals surface area contributed by atoms with Crippen LogP contribution in [0.5, 0.6) is 0 Å². The molecule has 0 saturated heterocycles. The molecule has 1 saturated carbocycles. The van der Waals surface area contributed by atoms with Crippen LogP contribution in [0.4, 0.5) is 11.5 Å². The van der Waals surface area contributed by atoms with E-state index in [9.17, 15) is 4.79 Å². The third-order valence-electron chi connectivity index (χ3n) is 3.63. The molecule has 0 atom stereocenters. The Morgan fingerprint density at radius 2 is 2.15 bits per heavy atom. The lowest BCUT2D eigenvalue weighted by Gasteiger charge is -2.20. The summed E-state index contributed by atoms with van der Waals surface area (Å²) in [6.07, 6.45) is 7.31. The van der Waals surface area contributed by atoms with Gasteiger partial charge in [-0.3, -0.25) is 4.79 Å². The van der Waals surface area contributed by atoms with Crippen LogP contribution >= 0.6 is 0 Å². The van der Waals surface area contributed by atoms with Crippen molar-refractivity contribution in [1.29, 1.82) is 0 Å². The SMILES string of the molecule is COCCNc1ccc(NC(=O)C2CCCCC2)nc1. The van der Waals surface area contributed by atoms with Gasteiger partial charge in [0, 0.05) is 19.6 Å². The lowest BCUT2D eigenvalue weighted by molar-refractivity contribution is -0.120. The first-order valence-corrected chi connectivity index (χ1v) is 7.29. The Balaban J connectivity index is 1.81. The second-order valence-electron chi connectivity index (χ2n) is 5.18. The molecule has 1 amide bonds. The van der Waals surface area contributed by atoms with Crippen molar-refractivity contribution in [1.82, 2.24) is 4.98 Å². The molecule has 2 N–H and O–H groups in total. The minimum absolute atomic E-state index is 0.109. The fraction of sp³-hybridized carbons (Fsp3) is 0.600. The summed E-state index contributed by atoms with van der Waals surface area (Å²) in [7, 11) is 1.67. The maximum absolute atomic E-state index is 12.1. The summed E-state index contributed by atoms with van der Waals surface area (Å²) in [5.74, 6) is 0.889. The molecule has 1 aromatic rings. The molecule has 5 heteroatoms. The fourth-order valence-corrected chi connectivity index (χ4v) is 2.46. The van der Waals surface area contributed by atoms with Gasteiger partial charge in [0.15, 0.2) is 0 Å². The summed E-state index contributed by atoms with van der Waals surface area (Å²) in [6.45, 7) is 1.39. The first kappa shape index (κ1) is 14.8. The summed E-state index contributed by atoms with van der Waals surface area (Å²) in [6, 6.07) is 3.75. The van der Waals surface area contributed by atoms with Gasteiger partial charge in [0.25, 0.3) is 0 Å². The number of nitrogens with one attached hydrogen (secondary N) is 2. The van der Waals surface area contributed by atoms with Gasteiger partial charge in [-0.05, 0) is 25.0 Å². The van der Waals surface area contributed by atoms with Crippen LogP contribution in [0.3, 0.4) is 0 Å². The average Bonchev–Trinajstić information content (AvgIpc) is 2.50. The van der Waals surface area contributed by atoms with E-state index in [1.54, 1.807) is 13.3 Å². The van der Waals surface area contributed by atoms with Gasteiger partial charge >= 0.3 is 0 Å².